The average Bonchev–Trinajstić information content (AvgIpc) is 3.40. The first-order valence-corrected chi connectivity index (χ1v) is 18.5. The second-order valence-electron chi connectivity index (χ2n) is 15.5. The highest BCUT2D eigenvalue weighted by Crippen LogP contribution is 2.58. The van der Waals surface area contributed by atoms with Crippen LogP contribution in [0.2, 0.25) is 5.02 Å². The van der Waals surface area contributed by atoms with E-state index in [1.165, 1.54) is 23.4 Å². The number of hydrogen-bond acceptors (Lipinski definition) is 12. The summed E-state index contributed by atoms with van der Waals surface area (Å²) in [6.45, 7) is 11.4. The van der Waals surface area contributed by atoms with Crippen molar-refractivity contribution in [3.8, 4) is 17.6 Å². The largest absolute Gasteiger partial charge is 0.492 e. The molecule has 15 nitrogen and oxygen atoms in total. The topological polar surface area (TPSA) is 192 Å². The summed E-state index contributed by atoms with van der Waals surface area (Å²) in [7, 11) is 0. The fraction of sp³-hybridized carbons (Fsp3) is 0.436. The molecule has 2 aromatic carbocycles. The van der Waals surface area contributed by atoms with E-state index < -0.39 is 52.6 Å². The Balaban J connectivity index is 0.976. The van der Waals surface area contributed by atoms with Crippen LogP contribution in [0.25, 0.3) is 0 Å². The maximum absolute atomic E-state index is 14.3. The van der Waals surface area contributed by atoms with Gasteiger partial charge in [0.15, 0.2) is 0 Å². The van der Waals surface area contributed by atoms with Gasteiger partial charge in [-0.25, -0.2) is 9.97 Å². The Bertz CT molecular complexity index is 2110. The lowest BCUT2D eigenvalue weighted by Crippen LogP contribution is -2.77. The SMILES string of the molecule is CC1(C)C(Oc2ccc(C#N)c(Cl)c2)C(C)(C)C1N1C(=O)CCC(N2C(=O)c3ccc(OCCN4CCN(c5ncc(C(N)=O)cn5)CC4)cc3C2=O)C1=O. The Hall–Kier alpha value is -5.59. The molecule has 1 atom stereocenters. The van der Waals surface area contributed by atoms with E-state index in [1.807, 2.05) is 38.7 Å². The number of ether oxygens (including phenoxy) is 2. The summed E-state index contributed by atoms with van der Waals surface area (Å²) in [5, 5.41) is 9.50. The number of nitriles is 1. The molecule has 1 aliphatic carbocycles. The molecular formula is C39H41ClN8O7. The van der Waals surface area contributed by atoms with Crippen molar-refractivity contribution < 1.29 is 33.4 Å². The van der Waals surface area contributed by atoms with Gasteiger partial charge in [0.1, 0.15) is 36.3 Å². The van der Waals surface area contributed by atoms with Gasteiger partial charge < -0.3 is 20.1 Å². The number of anilines is 1. The third-order valence-corrected chi connectivity index (χ3v) is 11.5. The predicted octanol–water partition coefficient (Wildman–Crippen LogP) is 3.30. The summed E-state index contributed by atoms with van der Waals surface area (Å²) in [4.78, 5) is 81.6. The number of amides is 5. The van der Waals surface area contributed by atoms with E-state index in [4.69, 9.17) is 26.8 Å². The average molecular weight is 769 g/mol. The van der Waals surface area contributed by atoms with Gasteiger partial charge in [0, 0.05) is 68.4 Å². The number of benzene rings is 2. The molecule has 3 fully saturated rings. The van der Waals surface area contributed by atoms with Gasteiger partial charge in [0.25, 0.3) is 23.6 Å². The van der Waals surface area contributed by atoms with Crippen LogP contribution in [-0.4, -0.2) is 112 Å². The number of halogens is 1. The lowest BCUT2D eigenvalue weighted by molar-refractivity contribution is -0.216. The minimum atomic E-state index is -1.15. The maximum Gasteiger partial charge on any atom is 0.262 e. The number of aromatic nitrogens is 2. The van der Waals surface area contributed by atoms with Crippen molar-refractivity contribution >= 4 is 47.1 Å². The molecule has 16 heteroatoms. The number of piperazine rings is 1. The minimum absolute atomic E-state index is 0.0134. The van der Waals surface area contributed by atoms with Crippen molar-refractivity contribution in [3.05, 3.63) is 76.1 Å². The molecule has 4 heterocycles. The number of carbonyl (C=O) groups excluding carboxylic acids is 5. The zero-order valence-electron chi connectivity index (χ0n) is 31.0. The number of imide groups is 2. The quantitative estimate of drug-likeness (QED) is 0.297. The fourth-order valence-electron chi connectivity index (χ4n) is 8.86. The van der Waals surface area contributed by atoms with Gasteiger partial charge >= 0.3 is 0 Å². The molecule has 3 aliphatic heterocycles. The molecule has 5 amide bonds. The van der Waals surface area contributed by atoms with Gasteiger partial charge in [-0.05, 0) is 36.8 Å². The predicted molar refractivity (Wildman–Crippen MR) is 198 cm³/mol. The molecule has 55 heavy (non-hydrogen) atoms. The van der Waals surface area contributed by atoms with Crippen LogP contribution in [0, 0.1) is 22.2 Å². The Morgan fingerprint density at radius 2 is 1.58 bits per heavy atom. The molecule has 1 saturated carbocycles. The number of rotatable bonds is 10. The van der Waals surface area contributed by atoms with Crippen LogP contribution >= 0.6 is 11.6 Å². The Labute approximate surface area is 322 Å². The summed E-state index contributed by atoms with van der Waals surface area (Å²) in [5.41, 5.74) is 4.74. The van der Waals surface area contributed by atoms with Gasteiger partial charge in [-0.1, -0.05) is 39.3 Å². The molecule has 1 unspecified atom stereocenters. The maximum atomic E-state index is 14.3. The zero-order valence-corrected chi connectivity index (χ0v) is 31.7. The Kier molecular flexibility index (Phi) is 9.77. The fourth-order valence-corrected chi connectivity index (χ4v) is 9.07. The van der Waals surface area contributed by atoms with Gasteiger partial charge in [-0.15, -0.1) is 0 Å². The summed E-state index contributed by atoms with van der Waals surface area (Å²) < 4.78 is 12.4. The van der Waals surface area contributed by atoms with E-state index in [0.717, 1.165) is 18.0 Å². The van der Waals surface area contributed by atoms with E-state index in [-0.39, 0.29) is 40.5 Å². The molecule has 0 radical (unpaired) electrons. The first-order chi connectivity index (χ1) is 26.1. The molecular weight excluding hydrogens is 728 g/mol. The molecule has 4 aliphatic rings. The van der Waals surface area contributed by atoms with Crippen LogP contribution < -0.4 is 20.1 Å². The molecule has 2 saturated heterocycles. The van der Waals surface area contributed by atoms with Crippen molar-refractivity contribution in [2.75, 3.05) is 44.2 Å². The summed E-state index contributed by atoms with van der Waals surface area (Å²) in [6.07, 6.45) is 2.41. The number of piperidine rings is 1. The molecule has 0 bridgehead atoms. The van der Waals surface area contributed by atoms with Crippen molar-refractivity contribution in [1.82, 2.24) is 24.7 Å². The van der Waals surface area contributed by atoms with E-state index in [0.29, 0.717) is 49.3 Å². The summed E-state index contributed by atoms with van der Waals surface area (Å²) in [6, 6.07) is 9.79. The third kappa shape index (κ3) is 6.63. The Morgan fingerprint density at radius 1 is 0.927 bits per heavy atom. The van der Waals surface area contributed by atoms with Crippen molar-refractivity contribution in [1.29, 1.82) is 5.26 Å². The normalized spacial score (nSPS) is 23.3. The van der Waals surface area contributed by atoms with Gasteiger partial charge in [-0.3, -0.25) is 38.7 Å². The number of hydrogen-bond donors (Lipinski definition) is 1. The third-order valence-electron chi connectivity index (χ3n) is 11.2. The van der Waals surface area contributed by atoms with Crippen molar-refractivity contribution in [2.24, 2.45) is 16.6 Å². The van der Waals surface area contributed by atoms with Crippen LogP contribution in [0.15, 0.2) is 48.8 Å². The monoisotopic (exact) mass is 768 g/mol. The van der Waals surface area contributed by atoms with Gasteiger partial charge in [-0.2, -0.15) is 5.26 Å². The molecule has 1 aromatic heterocycles. The first kappa shape index (κ1) is 37.7. The van der Waals surface area contributed by atoms with Crippen LogP contribution in [0.5, 0.6) is 11.5 Å². The minimum Gasteiger partial charge on any atom is -0.492 e. The van der Waals surface area contributed by atoms with Crippen LogP contribution in [0.1, 0.15) is 77.2 Å². The highest BCUT2D eigenvalue weighted by Gasteiger charge is 2.68. The molecule has 7 rings (SSSR count). The molecule has 3 aromatic rings. The van der Waals surface area contributed by atoms with E-state index in [9.17, 15) is 29.2 Å². The lowest BCUT2D eigenvalue weighted by Gasteiger charge is -2.65. The smallest absolute Gasteiger partial charge is 0.262 e. The molecule has 2 N–H and O–H groups in total. The van der Waals surface area contributed by atoms with E-state index in [2.05, 4.69) is 14.9 Å². The first-order valence-electron chi connectivity index (χ1n) is 18.1. The highest BCUT2D eigenvalue weighted by atomic mass is 35.5. The number of nitrogens with two attached hydrogens (primary N) is 1. The van der Waals surface area contributed by atoms with Gasteiger partial charge in [0.2, 0.25) is 11.9 Å². The number of primary amides is 1. The second kappa shape index (κ2) is 14.2. The van der Waals surface area contributed by atoms with Crippen LogP contribution in [0.3, 0.4) is 0 Å². The summed E-state index contributed by atoms with van der Waals surface area (Å²) in [5.74, 6) is -1.33. The van der Waals surface area contributed by atoms with Crippen molar-refractivity contribution in [2.45, 2.75) is 58.7 Å². The molecule has 0 spiro atoms. The standard InChI is InChI=1S/C39H41ClN8O7/c1-38(2)35(39(3,4)36(38)55-25-6-5-22(19-41)28(40)18-25)48-30(49)10-9-29(34(48)53)47-32(51)26-8-7-24(17-27(26)33(47)52)54-16-15-45-11-13-46(14-12-45)37-43-20-23(21-44-37)31(42)50/h5-8,17-18,20-21,29,35-36H,9-16H2,1-4H3,(H2,42,50). The zero-order chi connectivity index (χ0) is 39.4. The van der Waals surface area contributed by atoms with E-state index >= 15 is 0 Å². The Morgan fingerprint density at radius 3 is 2.22 bits per heavy atom. The number of carbonyl (C=O) groups is 5. The van der Waals surface area contributed by atoms with Crippen molar-refractivity contribution in [3.63, 3.8) is 0 Å². The summed E-state index contributed by atoms with van der Waals surface area (Å²) >= 11 is 6.25. The number of fused-ring (bicyclic) bond motifs is 1. The van der Waals surface area contributed by atoms with Crippen LogP contribution in [-0.2, 0) is 9.59 Å². The molecule has 286 valence electrons. The van der Waals surface area contributed by atoms with Crippen LogP contribution in [0.4, 0.5) is 5.95 Å². The number of nitrogens with zero attached hydrogens (tertiary/aromatic N) is 7. The highest BCUT2D eigenvalue weighted by molar-refractivity contribution is 6.31. The lowest BCUT2D eigenvalue weighted by atomic mass is 9.48. The van der Waals surface area contributed by atoms with Gasteiger partial charge in [0.05, 0.1) is 33.3 Å². The second-order valence-corrected chi connectivity index (χ2v) is 15.9. The van der Waals surface area contributed by atoms with E-state index in [1.54, 1.807) is 30.3 Å². The number of likely N-dealkylation sites (tertiary alicyclic amines) is 1.